The van der Waals surface area contributed by atoms with Gasteiger partial charge < -0.3 is 14.5 Å². The van der Waals surface area contributed by atoms with Crippen LogP contribution in [-0.2, 0) is 14.3 Å². The van der Waals surface area contributed by atoms with Gasteiger partial charge in [-0.1, -0.05) is 6.07 Å². The summed E-state index contributed by atoms with van der Waals surface area (Å²) in [5.41, 5.74) is 1.18. The van der Waals surface area contributed by atoms with Crippen LogP contribution in [0.3, 0.4) is 0 Å². The zero-order chi connectivity index (χ0) is 17.0. The summed E-state index contributed by atoms with van der Waals surface area (Å²) in [6.07, 6.45) is 0.140. The highest BCUT2D eigenvalue weighted by molar-refractivity contribution is 6.01. The Morgan fingerprint density at radius 1 is 1.30 bits per heavy atom. The van der Waals surface area contributed by atoms with Gasteiger partial charge in [0.1, 0.15) is 0 Å². The van der Waals surface area contributed by atoms with Crippen molar-refractivity contribution < 1.29 is 19.1 Å². The Kier molecular flexibility index (Phi) is 5.36. The first-order valence-corrected chi connectivity index (χ1v) is 7.79. The van der Waals surface area contributed by atoms with E-state index in [0.717, 1.165) is 0 Å². The molecule has 0 N–H and O–H groups in total. The molecule has 1 atom stereocenters. The van der Waals surface area contributed by atoms with Crippen LogP contribution in [0.5, 0.6) is 0 Å². The van der Waals surface area contributed by atoms with Crippen molar-refractivity contribution in [2.75, 3.05) is 31.6 Å². The van der Waals surface area contributed by atoms with Crippen LogP contribution in [0.2, 0.25) is 0 Å². The van der Waals surface area contributed by atoms with Gasteiger partial charge in [0.15, 0.2) is 0 Å². The maximum Gasteiger partial charge on any atom is 0.311 e. The molecule has 1 fully saturated rings. The third kappa shape index (κ3) is 3.52. The van der Waals surface area contributed by atoms with Gasteiger partial charge in [0, 0.05) is 37.3 Å². The Balaban J connectivity index is 2.22. The van der Waals surface area contributed by atoms with E-state index in [9.17, 15) is 14.4 Å². The molecule has 1 aliphatic rings. The summed E-state index contributed by atoms with van der Waals surface area (Å²) in [6.45, 7) is 5.40. The maximum atomic E-state index is 12.4. The van der Waals surface area contributed by atoms with Crippen LogP contribution in [0.1, 0.15) is 30.6 Å². The second-order valence-electron chi connectivity index (χ2n) is 5.46. The number of esters is 1. The van der Waals surface area contributed by atoms with E-state index in [4.69, 9.17) is 4.74 Å². The third-order valence-electron chi connectivity index (χ3n) is 4.11. The average molecular weight is 318 g/mol. The minimum Gasteiger partial charge on any atom is -0.469 e. The third-order valence-corrected chi connectivity index (χ3v) is 4.11. The van der Waals surface area contributed by atoms with E-state index in [-0.39, 0.29) is 30.7 Å². The summed E-state index contributed by atoms with van der Waals surface area (Å²) in [6, 6.07) is 6.97. The van der Waals surface area contributed by atoms with Gasteiger partial charge in [-0.25, -0.2) is 0 Å². The first-order valence-electron chi connectivity index (χ1n) is 7.79. The Hall–Kier alpha value is -2.37. The van der Waals surface area contributed by atoms with Gasteiger partial charge in [-0.3, -0.25) is 14.4 Å². The van der Waals surface area contributed by atoms with Gasteiger partial charge in [-0.2, -0.15) is 0 Å². The zero-order valence-corrected chi connectivity index (χ0v) is 13.7. The van der Waals surface area contributed by atoms with E-state index in [1.54, 1.807) is 34.1 Å². The van der Waals surface area contributed by atoms with E-state index >= 15 is 0 Å². The highest BCUT2D eigenvalue weighted by Gasteiger charge is 2.36. The van der Waals surface area contributed by atoms with E-state index in [1.807, 2.05) is 13.8 Å². The lowest BCUT2D eigenvalue weighted by molar-refractivity contribution is -0.145. The van der Waals surface area contributed by atoms with Gasteiger partial charge in [0.05, 0.1) is 13.0 Å². The van der Waals surface area contributed by atoms with Crippen LogP contribution in [0.4, 0.5) is 5.69 Å². The Labute approximate surface area is 136 Å². The molecule has 2 amide bonds. The average Bonchev–Trinajstić information content (AvgIpc) is 2.97. The number of amides is 2. The number of hydrogen-bond acceptors (Lipinski definition) is 4. The van der Waals surface area contributed by atoms with Crippen molar-refractivity contribution in [2.45, 2.75) is 20.3 Å². The predicted octanol–water partition coefficient (Wildman–Crippen LogP) is 1.69. The van der Waals surface area contributed by atoms with Crippen LogP contribution >= 0.6 is 0 Å². The lowest BCUT2D eigenvalue weighted by atomic mass is 10.1. The fourth-order valence-electron chi connectivity index (χ4n) is 2.78. The molecule has 2 rings (SSSR count). The summed E-state index contributed by atoms with van der Waals surface area (Å²) in [7, 11) is 1.32. The highest BCUT2D eigenvalue weighted by atomic mass is 16.5. The molecule has 0 spiro atoms. The van der Waals surface area contributed by atoms with Gasteiger partial charge in [0.25, 0.3) is 5.91 Å². The number of anilines is 1. The van der Waals surface area contributed by atoms with Crippen LogP contribution in [0.15, 0.2) is 24.3 Å². The molecule has 1 aromatic carbocycles. The van der Waals surface area contributed by atoms with Crippen LogP contribution < -0.4 is 4.90 Å². The van der Waals surface area contributed by atoms with E-state index in [1.165, 1.54) is 7.11 Å². The number of rotatable bonds is 5. The van der Waals surface area contributed by atoms with Crippen molar-refractivity contribution in [3.8, 4) is 0 Å². The van der Waals surface area contributed by atoms with Crippen molar-refractivity contribution in [3.63, 3.8) is 0 Å². The lowest BCUT2D eigenvalue weighted by Crippen LogP contribution is -2.31. The quantitative estimate of drug-likeness (QED) is 0.775. The monoisotopic (exact) mass is 318 g/mol. The minimum absolute atomic E-state index is 0.0620. The number of ether oxygens (including phenoxy) is 1. The molecule has 0 saturated carbocycles. The van der Waals surface area contributed by atoms with Crippen molar-refractivity contribution in [1.82, 2.24) is 4.90 Å². The number of hydrogen-bond donors (Lipinski definition) is 0. The summed E-state index contributed by atoms with van der Waals surface area (Å²) in [4.78, 5) is 39.5. The maximum absolute atomic E-state index is 12.4. The van der Waals surface area contributed by atoms with Crippen LogP contribution in [0.25, 0.3) is 0 Å². The Morgan fingerprint density at radius 3 is 2.61 bits per heavy atom. The van der Waals surface area contributed by atoms with Gasteiger partial charge in [-0.15, -0.1) is 0 Å². The number of methoxy groups -OCH3 is 1. The molecule has 6 heteroatoms. The van der Waals surface area contributed by atoms with E-state index < -0.39 is 5.92 Å². The predicted molar refractivity (Wildman–Crippen MR) is 86.2 cm³/mol. The number of carbonyl (C=O) groups is 3. The molecule has 0 radical (unpaired) electrons. The minimum atomic E-state index is -0.449. The molecule has 1 saturated heterocycles. The summed E-state index contributed by atoms with van der Waals surface area (Å²) in [5.74, 6) is -1.02. The normalized spacial score (nSPS) is 17.3. The molecule has 1 unspecified atom stereocenters. The van der Waals surface area contributed by atoms with E-state index in [2.05, 4.69) is 0 Å². The molecule has 6 nitrogen and oxygen atoms in total. The molecule has 1 heterocycles. The summed E-state index contributed by atoms with van der Waals surface area (Å²) >= 11 is 0. The Morgan fingerprint density at radius 2 is 2.00 bits per heavy atom. The number of nitrogens with zero attached hydrogens (tertiary/aromatic N) is 2. The fraction of sp³-hybridized carbons (Fsp3) is 0.471. The second-order valence-corrected chi connectivity index (χ2v) is 5.46. The second kappa shape index (κ2) is 7.26. The molecule has 0 aromatic heterocycles. The van der Waals surface area contributed by atoms with Crippen molar-refractivity contribution >= 4 is 23.5 Å². The topological polar surface area (TPSA) is 66.9 Å². The zero-order valence-electron chi connectivity index (χ0n) is 13.7. The van der Waals surface area contributed by atoms with Crippen molar-refractivity contribution in [3.05, 3.63) is 29.8 Å². The summed E-state index contributed by atoms with van der Waals surface area (Å²) < 4.78 is 4.71. The Bertz CT molecular complexity index is 610. The SMILES string of the molecule is CCN(CC)C(=O)c1cccc(N2CC(C(=O)OC)CC2=O)c1. The smallest absolute Gasteiger partial charge is 0.311 e. The van der Waals surface area contributed by atoms with Gasteiger partial charge >= 0.3 is 5.97 Å². The molecule has 124 valence electrons. The van der Waals surface area contributed by atoms with E-state index in [0.29, 0.717) is 24.3 Å². The van der Waals surface area contributed by atoms with Gasteiger partial charge in [-0.05, 0) is 32.0 Å². The first kappa shape index (κ1) is 17.0. The lowest BCUT2D eigenvalue weighted by Gasteiger charge is -2.21. The molecule has 23 heavy (non-hydrogen) atoms. The fourth-order valence-corrected chi connectivity index (χ4v) is 2.78. The molecule has 0 aliphatic carbocycles. The number of benzene rings is 1. The molecule has 1 aromatic rings. The standard InChI is InChI=1S/C17H22N2O4/c1-4-18(5-2)16(21)12-7-6-8-14(9-12)19-11-13(10-15(19)20)17(22)23-3/h6-9,13H,4-5,10-11H2,1-3H3. The number of carbonyl (C=O) groups excluding carboxylic acids is 3. The molecular formula is C17H22N2O4. The molecular weight excluding hydrogens is 296 g/mol. The first-order chi connectivity index (χ1) is 11.0. The largest absolute Gasteiger partial charge is 0.469 e. The van der Waals surface area contributed by atoms with Crippen molar-refractivity contribution in [1.29, 1.82) is 0 Å². The van der Waals surface area contributed by atoms with Crippen molar-refractivity contribution in [2.24, 2.45) is 5.92 Å². The van der Waals surface area contributed by atoms with Gasteiger partial charge in [0.2, 0.25) is 5.91 Å². The molecule has 1 aliphatic heterocycles. The molecule has 0 bridgehead atoms. The van der Waals surface area contributed by atoms with Crippen LogP contribution in [-0.4, -0.2) is 49.4 Å². The van der Waals surface area contributed by atoms with Crippen LogP contribution in [0, 0.1) is 5.92 Å². The summed E-state index contributed by atoms with van der Waals surface area (Å²) in [5, 5.41) is 0. The highest BCUT2D eigenvalue weighted by Crippen LogP contribution is 2.26.